The number of nitrogens with one attached hydrogen (secondary N) is 2. The maximum atomic E-state index is 12.3. The maximum absolute atomic E-state index is 12.3. The van der Waals surface area contributed by atoms with Gasteiger partial charge in [0.1, 0.15) is 6.04 Å². The van der Waals surface area contributed by atoms with Gasteiger partial charge in [0.15, 0.2) is 0 Å². The van der Waals surface area contributed by atoms with Crippen LogP contribution in [0.2, 0.25) is 0 Å². The van der Waals surface area contributed by atoms with Crippen molar-refractivity contribution in [1.82, 2.24) is 20.5 Å². The van der Waals surface area contributed by atoms with E-state index in [0.29, 0.717) is 26.1 Å². The number of amides is 4. The van der Waals surface area contributed by atoms with Gasteiger partial charge in [0, 0.05) is 31.9 Å². The summed E-state index contributed by atoms with van der Waals surface area (Å²) < 4.78 is 5.89. The number of urea groups is 1. The number of imide groups is 1. The van der Waals surface area contributed by atoms with Gasteiger partial charge in [0.05, 0.1) is 12.7 Å². The number of piperidine rings is 1. The molecule has 3 rings (SSSR count). The molecule has 2 N–H and O–H groups in total. The minimum Gasteiger partial charge on any atom is -0.373 e. The molecule has 0 aliphatic carbocycles. The Hall–Kier alpha value is -2.48. The van der Waals surface area contributed by atoms with Crippen LogP contribution in [0.5, 0.6) is 0 Å². The molecule has 0 saturated carbocycles. The van der Waals surface area contributed by atoms with Crippen LogP contribution >= 0.6 is 0 Å². The largest absolute Gasteiger partial charge is 0.373 e. The number of likely N-dealkylation sites (tertiary alicyclic amines) is 1. The standard InChI is InChI=1S/C17H22N4O4/c22-15(4-3-14-16(23)20-17(24)19-14)21-8-5-13(6-9-21)25-11-12-2-1-7-18-10-12/h1-2,7,10,13-14H,3-6,8-9,11H2,(H2,19,20,23,24). The number of hydrogen-bond donors (Lipinski definition) is 2. The molecule has 2 aliphatic rings. The number of rotatable bonds is 6. The van der Waals surface area contributed by atoms with Crippen molar-refractivity contribution in [2.24, 2.45) is 0 Å². The summed E-state index contributed by atoms with van der Waals surface area (Å²) in [6.45, 7) is 1.84. The third-order valence-electron chi connectivity index (χ3n) is 4.51. The number of aromatic nitrogens is 1. The fraction of sp³-hybridized carbons (Fsp3) is 0.529. The lowest BCUT2D eigenvalue weighted by Gasteiger charge is -2.32. The molecule has 1 aromatic rings. The topological polar surface area (TPSA) is 101 Å². The van der Waals surface area contributed by atoms with Crippen molar-refractivity contribution in [2.45, 2.75) is 44.4 Å². The second-order valence-corrected chi connectivity index (χ2v) is 6.31. The Balaban J connectivity index is 1.36. The van der Waals surface area contributed by atoms with Gasteiger partial charge in [0.25, 0.3) is 5.91 Å². The van der Waals surface area contributed by atoms with Gasteiger partial charge in [-0.05, 0) is 30.9 Å². The van der Waals surface area contributed by atoms with Gasteiger partial charge in [-0.1, -0.05) is 6.07 Å². The lowest BCUT2D eigenvalue weighted by atomic mass is 10.1. The Labute approximate surface area is 145 Å². The van der Waals surface area contributed by atoms with Crippen molar-refractivity contribution in [1.29, 1.82) is 0 Å². The molecule has 0 bridgehead atoms. The summed E-state index contributed by atoms with van der Waals surface area (Å²) >= 11 is 0. The summed E-state index contributed by atoms with van der Waals surface area (Å²) in [4.78, 5) is 40.6. The van der Waals surface area contributed by atoms with E-state index < -0.39 is 12.1 Å². The highest BCUT2D eigenvalue weighted by atomic mass is 16.5. The molecule has 134 valence electrons. The summed E-state index contributed by atoms with van der Waals surface area (Å²) in [5.74, 6) is -0.347. The molecular weight excluding hydrogens is 324 g/mol. The predicted octanol–water partition coefficient (Wildman–Crippen LogP) is 0.577. The molecule has 3 heterocycles. The molecule has 2 saturated heterocycles. The number of hydrogen-bond acceptors (Lipinski definition) is 5. The van der Waals surface area contributed by atoms with Crippen molar-refractivity contribution >= 4 is 17.8 Å². The van der Waals surface area contributed by atoms with Gasteiger partial charge in [-0.3, -0.25) is 19.9 Å². The second kappa shape index (κ2) is 8.06. The van der Waals surface area contributed by atoms with E-state index in [-0.39, 0.29) is 24.3 Å². The van der Waals surface area contributed by atoms with Crippen LogP contribution in [0.15, 0.2) is 24.5 Å². The SMILES string of the molecule is O=C1NC(=O)C(CCC(=O)N2CCC(OCc3cccnc3)CC2)N1. The number of carbonyl (C=O) groups excluding carboxylic acids is 3. The van der Waals surface area contributed by atoms with Crippen molar-refractivity contribution < 1.29 is 19.1 Å². The Kier molecular flexibility index (Phi) is 5.60. The lowest BCUT2D eigenvalue weighted by Crippen LogP contribution is -2.41. The van der Waals surface area contributed by atoms with Crippen molar-refractivity contribution in [2.75, 3.05) is 13.1 Å². The van der Waals surface area contributed by atoms with Gasteiger partial charge in [-0.25, -0.2) is 4.79 Å². The van der Waals surface area contributed by atoms with E-state index in [9.17, 15) is 14.4 Å². The number of nitrogens with zero attached hydrogens (tertiary/aromatic N) is 2. The number of pyridine rings is 1. The summed E-state index contributed by atoms with van der Waals surface area (Å²) in [5.41, 5.74) is 1.04. The highest BCUT2D eigenvalue weighted by Crippen LogP contribution is 2.17. The Morgan fingerprint density at radius 1 is 1.32 bits per heavy atom. The third-order valence-corrected chi connectivity index (χ3v) is 4.51. The van der Waals surface area contributed by atoms with E-state index in [0.717, 1.165) is 18.4 Å². The first-order valence-electron chi connectivity index (χ1n) is 8.51. The predicted molar refractivity (Wildman–Crippen MR) is 88.3 cm³/mol. The minimum absolute atomic E-state index is 0.0136. The monoisotopic (exact) mass is 346 g/mol. The molecule has 0 spiro atoms. The summed E-state index contributed by atoms with van der Waals surface area (Å²) in [5, 5.41) is 4.67. The van der Waals surface area contributed by atoms with E-state index in [2.05, 4.69) is 15.6 Å². The van der Waals surface area contributed by atoms with Crippen molar-refractivity contribution in [3.8, 4) is 0 Å². The first-order chi connectivity index (χ1) is 12.1. The smallest absolute Gasteiger partial charge is 0.322 e. The van der Waals surface area contributed by atoms with E-state index in [1.54, 1.807) is 17.3 Å². The van der Waals surface area contributed by atoms with E-state index in [1.165, 1.54) is 0 Å². The average molecular weight is 346 g/mol. The van der Waals surface area contributed by atoms with Crippen LogP contribution in [0.3, 0.4) is 0 Å². The van der Waals surface area contributed by atoms with Crippen LogP contribution in [0.4, 0.5) is 4.79 Å². The highest BCUT2D eigenvalue weighted by Gasteiger charge is 2.30. The number of carbonyl (C=O) groups is 3. The molecule has 4 amide bonds. The molecule has 2 fully saturated rings. The Morgan fingerprint density at radius 3 is 2.76 bits per heavy atom. The van der Waals surface area contributed by atoms with Gasteiger partial charge < -0.3 is 15.0 Å². The lowest BCUT2D eigenvalue weighted by molar-refractivity contribution is -0.134. The molecule has 1 atom stereocenters. The molecule has 25 heavy (non-hydrogen) atoms. The Bertz CT molecular complexity index is 629. The maximum Gasteiger partial charge on any atom is 0.322 e. The molecule has 2 aliphatic heterocycles. The first kappa shape index (κ1) is 17.3. The van der Waals surface area contributed by atoms with E-state index in [1.807, 2.05) is 12.1 Å². The molecule has 1 unspecified atom stereocenters. The number of ether oxygens (including phenoxy) is 1. The normalized spacial score (nSPS) is 21.1. The third kappa shape index (κ3) is 4.76. The summed E-state index contributed by atoms with van der Waals surface area (Å²) in [6, 6.07) is 2.77. The van der Waals surface area contributed by atoms with Gasteiger partial charge in [-0.2, -0.15) is 0 Å². The van der Waals surface area contributed by atoms with Crippen LogP contribution in [-0.2, 0) is 20.9 Å². The van der Waals surface area contributed by atoms with Crippen LogP contribution in [0.25, 0.3) is 0 Å². The quantitative estimate of drug-likeness (QED) is 0.734. The molecule has 1 aromatic heterocycles. The zero-order valence-electron chi connectivity index (χ0n) is 13.9. The minimum atomic E-state index is -0.600. The molecule has 8 heteroatoms. The van der Waals surface area contributed by atoms with Gasteiger partial charge in [-0.15, -0.1) is 0 Å². The van der Waals surface area contributed by atoms with Crippen LogP contribution < -0.4 is 10.6 Å². The van der Waals surface area contributed by atoms with Gasteiger partial charge >= 0.3 is 6.03 Å². The summed E-state index contributed by atoms with van der Waals surface area (Å²) in [7, 11) is 0. The van der Waals surface area contributed by atoms with Crippen molar-refractivity contribution in [3.05, 3.63) is 30.1 Å². The average Bonchev–Trinajstić information content (AvgIpc) is 2.96. The van der Waals surface area contributed by atoms with Crippen LogP contribution in [0, 0.1) is 0 Å². The zero-order chi connectivity index (χ0) is 17.6. The first-order valence-corrected chi connectivity index (χ1v) is 8.51. The van der Waals surface area contributed by atoms with E-state index in [4.69, 9.17) is 4.74 Å². The highest BCUT2D eigenvalue weighted by molar-refractivity contribution is 6.04. The summed E-state index contributed by atoms with van der Waals surface area (Å²) in [6.07, 6.45) is 5.83. The fourth-order valence-electron chi connectivity index (χ4n) is 3.06. The molecular formula is C17H22N4O4. The van der Waals surface area contributed by atoms with Gasteiger partial charge in [0.2, 0.25) is 5.91 Å². The van der Waals surface area contributed by atoms with Crippen LogP contribution in [-0.4, -0.2) is 53.0 Å². The van der Waals surface area contributed by atoms with E-state index >= 15 is 0 Å². The Morgan fingerprint density at radius 2 is 2.12 bits per heavy atom. The zero-order valence-corrected chi connectivity index (χ0v) is 13.9. The van der Waals surface area contributed by atoms with Crippen molar-refractivity contribution in [3.63, 3.8) is 0 Å². The van der Waals surface area contributed by atoms with Crippen LogP contribution in [0.1, 0.15) is 31.2 Å². The molecule has 0 radical (unpaired) electrons. The molecule has 8 nitrogen and oxygen atoms in total. The molecule has 0 aromatic carbocycles. The second-order valence-electron chi connectivity index (χ2n) is 6.31. The fourth-order valence-corrected chi connectivity index (χ4v) is 3.06.